The number of hydrogen-bond acceptors (Lipinski definition) is 9. The third-order valence-corrected chi connectivity index (χ3v) is 4.69. The molecule has 0 fully saturated rings. The molecule has 0 aliphatic rings. The third kappa shape index (κ3) is 5.06. The molecule has 0 spiro atoms. The summed E-state index contributed by atoms with van der Waals surface area (Å²) in [6, 6.07) is 12.4. The number of tetrazole rings is 1. The Balaban J connectivity index is 1.46. The first kappa shape index (κ1) is 20.9. The largest absolute Gasteiger partial charge is 0.465 e. The van der Waals surface area contributed by atoms with E-state index in [0.29, 0.717) is 27.9 Å². The van der Waals surface area contributed by atoms with Gasteiger partial charge < -0.3 is 14.0 Å². The van der Waals surface area contributed by atoms with Crippen molar-refractivity contribution in [1.82, 2.24) is 30.3 Å². The van der Waals surface area contributed by atoms with E-state index >= 15 is 0 Å². The fourth-order valence-corrected chi connectivity index (χ4v) is 3.00. The summed E-state index contributed by atoms with van der Waals surface area (Å²) in [7, 11) is 0. The smallest absolute Gasteiger partial charge is 0.329 e. The summed E-state index contributed by atoms with van der Waals surface area (Å²) in [6.45, 7) is 1.82. The van der Waals surface area contributed by atoms with Crippen molar-refractivity contribution in [2.45, 2.75) is 13.5 Å². The molecule has 2 aromatic heterocycles. The van der Waals surface area contributed by atoms with Crippen LogP contribution in [0.15, 0.2) is 51.5 Å². The third-order valence-electron chi connectivity index (χ3n) is 3.88. The predicted molar refractivity (Wildman–Crippen MR) is 112 cm³/mol. The molecule has 2 heterocycles. The predicted octanol–water partition coefficient (Wildman–Crippen LogP) is 4.16. The highest BCUT2D eigenvalue weighted by atomic mass is 79.9. The van der Waals surface area contributed by atoms with E-state index in [-0.39, 0.29) is 24.9 Å². The number of benzene rings is 2. The molecule has 4 aromatic rings. The van der Waals surface area contributed by atoms with Crippen molar-refractivity contribution in [3.05, 3.63) is 52.0 Å². The Morgan fingerprint density at radius 3 is 2.77 bits per heavy atom. The summed E-state index contributed by atoms with van der Waals surface area (Å²) >= 11 is 9.55. The molecule has 31 heavy (non-hydrogen) atoms. The van der Waals surface area contributed by atoms with Gasteiger partial charge in [0, 0.05) is 10.0 Å². The average molecular weight is 506 g/mol. The molecule has 12 heteroatoms. The van der Waals surface area contributed by atoms with Crippen LogP contribution in [0.5, 0.6) is 11.5 Å². The highest BCUT2D eigenvalue weighted by Crippen LogP contribution is 2.32. The average Bonchev–Trinajstić information content (AvgIpc) is 3.41. The van der Waals surface area contributed by atoms with Gasteiger partial charge in [-0.05, 0) is 54.6 Å². The summed E-state index contributed by atoms with van der Waals surface area (Å²) in [5, 5.41) is 16.1. The van der Waals surface area contributed by atoms with Crippen LogP contribution in [-0.2, 0) is 16.1 Å². The van der Waals surface area contributed by atoms with Gasteiger partial charge in [-0.2, -0.15) is 9.78 Å². The second-order valence-corrected chi connectivity index (χ2v) is 7.40. The summed E-state index contributed by atoms with van der Waals surface area (Å²) in [5.41, 5.74) is 0.696. The number of esters is 1. The maximum Gasteiger partial charge on any atom is 0.329 e. The molecule has 2 aromatic carbocycles. The second kappa shape index (κ2) is 9.23. The number of aromatic nitrogens is 6. The van der Waals surface area contributed by atoms with Gasteiger partial charge in [0.25, 0.3) is 11.7 Å². The summed E-state index contributed by atoms with van der Waals surface area (Å²) in [6.07, 6.45) is 0. The van der Waals surface area contributed by atoms with Gasteiger partial charge in [-0.25, -0.2) is 4.79 Å². The molecule has 0 aliphatic heterocycles. The van der Waals surface area contributed by atoms with Crippen LogP contribution in [0.25, 0.3) is 23.1 Å². The topological polar surface area (TPSA) is 118 Å². The summed E-state index contributed by atoms with van der Waals surface area (Å²) < 4.78 is 16.7. The van der Waals surface area contributed by atoms with Crippen molar-refractivity contribution in [3.8, 4) is 34.6 Å². The van der Waals surface area contributed by atoms with Crippen LogP contribution in [0.3, 0.4) is 0 Å². The normalized spacial score (nSPS) is 10.8. The van der Waals surface area contributed by atoms with Crippen molar-refractivity contribution in [3.63, 3.8) is 0 Å². The van der Waals surface area contributed by atoms with E-state index in [0.717, 1.165) is 9.27 Å². The van der Waals surface area contributed by atoms with Gasteiger partial charge in [0.2, 0.25) is 5.82 Å². The number of nitrogens with zero attached hydrogens (tertiary/aromatic N) is 6. The van der Waals surface area contributed by atoms with E-state index in [4.69, 9.17) is 25.6 Å². The zero-order valence-corrected chi connectivity index (χ0v) is 18.4. The number of hydrogen-bond donors (Lipinski definition) is 0. The van der Waals surface area contributed by atoms with Gasteiger partial charge in [-0.1, -0.05) is 32.7 Å². The van der Waals surface area contributed by atoms with Crippen LogP contribution in [0.1, 0.15) is 6.92 Å². The minimum Gasteiger partial charge on any atom is -0.465 e. The molecule has 0 saturated heterocycles. The van der Waals surface area contributed by atoms with Gasteiger partial charge in [-0.15, -0.1) is 10.2 Å². The lowest BCUT2D eigenvalue weighted by molar-refractivity contribution is -0.144. The Hall–Kier alpha value is -3.31. The number of ether oxygens (including phenoxy) is 2. The van der Waals surface area contributed by atoms with Crippen LogP contribution in [0, 0.1) is 0 Å². The number of carbonyl (C=O) groups is 1. The summed E-state index contributed by atoms with van der Waals surface area (Å²) in [4.78, 5) is 16.9. The maximum atomic E-state index is 11.5. The van der Waals surface area contributed by atoms with E-state index in [1.165, 1.54) is 0 Å². The molecular weight excluding hydrogens is 492 g/mol. The lowest BCUT2D eigenvalue weighted by atomic mass is 10.2. The maximum absolute atomic E-state index is 11.5. The minimum absolute atomic E-state index is 0.0753. The standard InChI is InChI=1S/C19H14BrClN6O4/c1-2-29-16(28)10-27-24-18(23-26-27)19-22-17(25-31-19)11-3-6-13(7-4-11)30-15-9-12(20)5-8-14(15)21/h3-9H,2,10H2,1H3. The molecule has 0 radical (unpaired) electrons. The van der Waals surface area contributed by atoms with Crippen molar-refractivity contribution >= 4 is 33.5 Å². The zero-order chi connectivity index (χ0) is 21.8. The molecule has 0 unspecified atom stereocenters. The number of carbonyl (C=O) groups excluding carboxylic acids is 1. The van der Waals surface area contributed by atoms with Crippen molar-refractivity contribution < 1.29 is 18.8 Å². The van der Waals surface area contributed by atoms with Crippen LogP contribution in [-0.4, -0.2) is 42.9 Å². The molecule has 0 bridgehead atoms. The molecule has 0 amide bonds. The van der Waals surface area contributed by atoms with Gasteiger partial charge in [0.05, 0.1) is 11.6 Å². The van der Waals surface area contributed by atoms with E-state index in [9.17, 15) is 4.79 Å². The summed E-state index contributed by atoms with van der Waals surface area (Å²) in [5.74, 6) is 1.17. The quantitative estimate of drug-likeness (QED) is 0.341. The number of halogens is 2. The minimum atomic E-state index is -0.468. The highest BCUT2D eigenvalue weighted by Gasteiger charge is 2.17. The lowest BCUT2D eigenvalue weighted by Gasteiger charge is -2.08. The van der Waals surface area contributed by atoms with Crippen molar-refractivity contribution in [2.24, 2.45) is 0 Å². The molecule has 4 rings (SSSR count). The van der Waals surface area contributed by atoms with E-state index in [1.54, 1.807) is 43.3 Å². The molecule has 0 saturated carbocycles. The van der Waals surface area contributed by atoms with Gasteiger partial charge in [-0.3, -0.25) is 0 Å². The van der Waals surface area contributed by atoms with Crippen LogP contribution >= 0.6 is 27.5 Å². The van der Waals surface area contributed by atoms with Crippen LogP contribution in [0.4, 0.5) is 0 Å². The fourth-order valence-electron chi connectivity index (χ4n) is 2.50. The SMILES string of the molecule is CCOC(=O)Cn1nnc(-c2nc(-c3ccc(Oc4cc(Br)ccc4Cl)cc3)no2)n1. The van der Waals surface area contributed by atoms with Gasteiger partial charge in [0.1, 0.15) is 11.5 Å². The Bertz CT molecular complexity index is 1210. The second-order valence-electron chi connectivity index (χ2n) is 6.07. The van der Waals surface area contributed by atoms with Crippen LogP contribution < -0.4 is 4.74 Å². The molecule has 158 valence electrons. The first-order chi connectivity index (χ1) is 15.0. The highest BCUT2D eigenvalue weighted by molar-refractivity contribution is 9.10. The number of rotatable bonds is 7. The molecule has 0 aliphatic carbocycles. The van der Waals surface area contributed by atoms with Gasteiger partial charge >= 0.3 is 5.97 Å². The molecule has 0 atom stereocenters. The first-order valence-electron chi connectivity index (χ1n) is 9.02. The fraction of sp³-hybridized carbons (Fsp3) is 0.158. The molecular formula is C19H14BrClN6O4. The Morgan fingerprint density at radius 2 is 2.00 bits per heavy atom. The molecule has 10 nitrogen and oxygen atoms in total. The van der Waals surface area contributed by atoms with Gasteiger partial charge in [0.15, 0.2) is 6.54 Å². The lowest BCUT2D eigenvalue weighted by Crippen LogP contribution is -2.15. The Morgan fingerprint density at radius 1 is 1.19 bits per heavy atom. The first-order valence-corrected chi connectivity index (χ1v) is 10.2. The van der Waals surface area contributed by atoms with Crippen LogP contribution in [0.2, 0.25) is 5.02 Å². The van der Waals surface area contributed by atoms with Crippen molar-refractivity contribution in [1.29, 1.82) is 0 Å². The Labute approximate surface area is 189 Å². The zero-order valence-electron chi connectivity index (χ0n) is 16.0. The van der Waals surface area contributed by atoms with E-state index < -0.39 is 5.97 Å². The monoisotopic (exact) mass is 504 g/mol. The van der Waals surface area contributed by atoms with E-state index in [2.05, 4.69) is 41.5 Å². The van der Waals surface area contributed by atoms with E-state index in [1.807, 2.05) is 6.07 Å². The Kier molecular flexibility index (Phi) is 6.23. The molecule has 0 N–H and O–H groups in total. The van der Waals surface area contributed by atoms with Crippen molar-refractivity contribution in [2.75, 3.05) is 6.61 Å².